The van der Waals surface area contributed by atoms with E-state index in [4.69, 9.17) is 33.8 Å². The fraction of sp³-hybridized carbons (Fsp3) is 0.793. The summed E-state index contributed by atoms with van der Waals surface area (Å²) in [5, 5.41) is 31.0. The van der Waals surface area contributed by atoms with Crippen molar-refractivity contribution >= 4 is 35.5 Å². The molecule has 272 valence electrons. The molecule has 17 N–H and O–H groups in total. The van der Waals surface area contributed by atoms with Crippen LogP contribution in [-0.2, 0) is 28.8 Å². The molecule has 0 rings (SSSR count). The van der Waals surface area contributed by atoms with Crippen LogP contribution in [0.3, 0.4) is 0 Å². The lowest BCUT2D eigenvalue weighted by molar-refractivity contribution is -0.138. The second-order valence-electron chi connectivity index (χ2n) is 11.3. The van der Waals surface area contributed by atoms with Gasteiger partial charge in [-0.1, -0.05) is 0 Å². The van der Waals surface area contributed by atoms with Crippen LogP contribution < -0.4 is 55.3 Å². The van der Waals surface area contributed by atoms with Crippen molar-refractivity contribution in [2.75, 3.05) is 39.3 Å². The molecule has 0 aromatic heterocycles. The van der Waals surface area contributed by atoms with Crippen LogP contribution in [0.25, 0.3) is 0 Å². The third kappa shape index (κ3) is 19.8. The number of carbonyl (C=O) groups is 6. The highest BCUT2D eigenvalue weighted by atomic mass is 16.4. The maximum Gasteiger partial charge on any atom is 0.322 e. The molecule has 0 bridgehead atoms. The first-order valence-electron chi connectivity index (χ1n) is 16.3. The minimum Gasteiger partial charge on any atom is -0.480 e. The number of hydrogen-bond donors (Lipinski definition) is 12. The summed E-state index contributed by atoms with van der Waals surface area (Å²) in [6.07, 6.45) is 4.87. The Hall–Kier alpha value is -3.42. The molecule has 0 spiro atoms. The lowest BCUT2D eigenvalue weighted by Crippen LogP contribution is -2.59. The van der Waals surface area contributed by atoms with E-state index in [0.717, 1.165) is 0 Å². The smallest absolute Gasteiger partial charge is 0.322 e. The summed E-state index contributed by atoms with van der Waals surface area (Å²) < 4.78 is 0. The predicted octanol–water partition coefficient (Wildman–Crippen LogP) is -4.04. The Morgan fingerprint density at radius 3 is 1.06 bits per heavy atom. The first-order chi connectivity index (χ1) is 22.4. The van der Waals surface area contributed by atoms with Gasteiger partial charge in [0.1, 0.15) is 36.8 Å². The van der Waals surface area contributed by atoms with Crippen molar-refractivity contribution in [2.24, 2.45) is 28.7 Å². The number of carboxylic acids is 1. The quantitative estimate of drug-likeness (QED) is 0.0352. The Morgan fingerprint density at radius 1 is 0.489 bits per heavy atom. The summed E-state index contributed by atoms with van der Waals surface area (Å²) >= 11 is 0. The molecule has 0 aromatic carbocycles. The van der Waals surface area contributed by atoms with Crippen molar-refractivity contribution < 1.29 is 39.0 Å². The van der Waals surface area contributed by atoms with Gasteiger partial charge >= 0.3 is 5.97 Å². The SMILES string of the molecule is NCCCC[C@H](NC(=O)[C@H](CCCCN)NC(=O)[C@H](CCCCN)NC(=O)[C@H](CCCCN)NC(=O)[C@@H](N)CO)C(=O)NCC(=O)O. The van der Waals surface area contributed by atoms with Crippen molar-refractivity contribution in [3.05, 3.63) is 0 Å². The molecule has 0 saturated carbocycles. The van der Waals surface area contributed by atoms with Crippen LogP contribution in [0.15, 0.2) is 0 Å². The lowest BCUT2D eigenvalue weighted by atomic mass is 10.0. The molecular weight excluding hydrogens is 616 g/mol. The van der Waals surface area contributed by atoms with Gasteiger partial charge in [0.05, 0.1) is 6.61 Å². The Balaban J connectivity index is 6.03. The Labute approximate surface area is 276 Å². The predicted molar refractivity (Wildman–Crippen MR) is 175 cm³/mol. The highest BCUT2D eigenvalue weighted by Gasteiger charge is 2.31. The van der Waals surface area contributed by atoms with E-state index in [1.54, 1.807) is 0 Å². The maximum absolute atomic E-state index is 13.6. The molecule has 0 radical (unpaired) electrons. The fourth-order valence-electron chi connectivity index (χ4n) is 4.51. The van der Waals surface area contributed by atoms with E-state index >= 15 is 0 Å². The molecular formula is C29H58N10O8. The Bertz CT molecular complexity index is 958. The molecule has 0 heterocycles. The van der Waals surface area contributed by atoms with Crippen LogP contribution in [0.4, 0.5) is 0 Å². The van der Waals surface area contributed by atoms with Gasteiger partial charge in [-0.15, -0.1) is 0 Å². The van der Waals surface area contributed by atoms with Crippen molar-refractivity contribution in [2.45, 2.75) is 107 Å². The summed E-state index contributed by atoms with van der Waals surface area (Å²) in [5.74, 6) is -4.69. The summed E-state index contributed by atoms with van der Waals surface area (Å²) in [6, 6.07) is -5.63. The maximum atomic E-state index is 13.6. The number of unbranched alkanes of at least 4 members (excludes halogenated alkanes) is 4. The number of amides is 5. The molecule has 0 aliphatic carbocycles. The van der Waals surface area contributed by atoms with Crippen LogP contribution in [0.2, 0.25) is 0 Å². The topological polar surface area (TPSA) is 333 Å². The summed E-state index contributed by atoms with van der Waals surface area (Å²) in [6.45, 7) is 0.150. The van der Waals surface area contributed by atoms with Crippen molar-refractivity contribution in [3.8, 4) is 0 Å². The van der Waals surface area contributed by atoms with Gasteiger partial charge in [0.15, 0.2) is 0 Å². The zero-order valence-electron chi connectivity index (χ0n) is 27.3. The van der Waals surface area contributed by atoms with Crippen LogP contribution in [0.5, 0.6) is 0 Å². The zero-order valence-corrected chi connectivity index (χ0v) is 27.3. The average Bonchev–Trinajstić information content (AvgIpc) is 3.04. The molecule has 0 aliphatic heterocycles. The number of aliphatic carboxylic acids is 1. The molecule has 0 saturated heterocycles. The van der Waals surface area contributed by atoms with Gasteiger partial charge in [-0.2, -0.15) is 0 Å². The van der Waals surface area contributed by atoms with Gasteiger partial charge in [-0.05, 0) is 103 Å². The number of carboxylic acid groups (broad SMARTS) is 1. The zero-order chi connectivity index (χ0) is 35.6. The van der Waals surface area contributed by atoms with E-state index in [1.807, 2.05) is 0 Å². The Morgan fingerprint density at radius 2 is 0.787 bits per heavy atom. The fourth-order valence-corrected chi connectivity index (χ4v) is 4.51. The lowest BCUT2D eigenvalue weighted by Gasteiger charge is -2.27. The van der Waals surface area contributed by atoms with E-state index in [2.05, 4.69) is 26.6 Å². The second kappa shape index (κ2) is 26.6. The molecule has 0 unspecified atom stereocenters. The second-order valence-corrected chi connectivity index (χ2v) is 11.3. The van der Waals surface area contributed by atoms with E-state index in [-0.39, 0.29) is 25.7 Å². The van der Waals surface area contributed by atoms with Crippen LogP contribution in [0.1, 0.15) is 77.0 Å². The van der Waals surface area contributed by atoms with E-state index < -0.39 is 78.9 Å². The number of carbonyl (C=O) groups excluding carboxylic acids is 5. The first-order valence-corrected chi connectivity index (χ1v) is 16.3. The number of aliphatic hydroxyl groups is 1. The van der Waals surface area contributed by atoms with E-state index in [1.165, 1.54) is 0 Å². The van der Waals surface area contributed by atoms with Crippen molar-refractivity contribution in [1.29, 1.82) is 0 Å². The number of hydrogen-bond acceptors (Lipinski definition) is 12. The number of nitrogens with two attached hydrogens (primary N) is 5. The standard InChI is InChI=1S/C29H58N10O8/c30-13-5-1-9-20(26(44)35-17-24(41)42)37-28(46)22(11-3-7-15-32)39-29(47)23(12-4-8-16-33)38-27(45)21(10-2-6-14-31)36-25(43)19(34)18-40/h19-23,40H,1-18,30-34H2,(H,35,44)(H,36,43)(H,37,46)(H,38,45)(H,39,47)(H,41,42)/t19-,20-,21-,22-,23-/m0/s1. The highest BCUT2D eigenvalue weighted by molar-refractivity contribution is 5.96. The number of rotatable bonds is 28. The van der Waals surface area contributed by atoms with Crippen LogP contribution in [0, 0.1) is 0 Å². The van der Waals surface area contributed by atoms with Gasteiger partial charge < -0.3 is 65.5 Å². The molecule has 18 nitrogen and oxygen atoms in total. The number of nitrogens with one attached hydrogen (secondary N) is 5. The van der Waals surface area contributed by atoms with Crippen LogP contribution >= 0.6 is 0 Å². The molecule has 5 amide bonds. The van der Waals surface area contributed by atoms with Gasteiger partial charge in [-0.3, -0.25) is 28.8 Å². The molecule has 18 heteroatoms. The van der Waals surface area contributed by atoms with Gasteiger partial charge in [-0.25, -0.2) is 0 Å². The van der Waals surface area contributed by atoms with E-state index in [0.29, 0.717) is 77.5 Å². The first kappa shape index (κ1) is 43.6. The minimum atomic E-state index is -1.25. The molecule has 0 aliphatic rings. The largest absolute Gasteiger partial charge is 0.480 e. The number of aliphatic hydroxyl groups excluding tert-OH is 1. The van der Waals surface area contributed by atoms with E-state index in [9.17, 15) is 33.9 Å². The monoisotopic (exact) mass is 674 g/mol. The summed E-state index contributed by atoms with van der Waals surface area (Å²) in [5.41, 5.74) is 28.0. The van der Waals surface area contributed by atoms with Crippen molar-refractivity contribution in [1.82, 2.24) is 26.6 Å². The van der Waals surface area contributed by atoms with Crippen molar-refractivity contribution in [3.63, 3.8) is 0 Å². The Kier molecular flexibility index (Phi) is 24.7. The van der Waals surface area contributed by atoms with Crippen LogP contribution in [-0.4, -0.2) is 115 Å². The minimum absolute atomic E-state index is 0.168. The normalized spacial score (nSPS) is 14.2. The third-order valence-electron chi connectivity index (χ3n) is 7.27. The molecule has 0 aromatic rings. The highest BCUT2D eigenvalue weighted by Crippen LogP contribution is 2.09. The van der Waals surface area contributed by atoms with Gasteiger partial charge in [0, 0.05) is 0 Å². The summed E-state index contributed by atoms with van der Waals surface area (Å²) in [7, 11) is 0. The van der Waals surface area contributed by atoms with Gasteiger partial charge in [0.2, 0.25) is 29.5 Å². The molecule has 47 heavy (non-hydrogen) atoms. The summed E-state index contributed by atoms with van der Waals surface area (Å²) in [4.78, 5) is 76.5. The average molecular weight is 675 g/mol. The van der Waals surface area contributed by atoms with Gasteiger partial charge in [0.25, 0.3) is 0 Å². The molecule has 0 fully saturated rings. The third-order valence-corrected chi connectivity index (χ3v) is 7.27. The molecule has 5 atom stereocenters.